The van der Waals surface area contributed by atoms with Crippen LogP contribution in [-0.4, -0.2) is 23.7 Å². The Bertz CT molecular complexity index is 598. The molecule has 5 heteroatoms. The second-order valence-electron chi connectivity index (χ2n) is 4.93. The number of aliphatic hydroxyl groups is 1. The van der Waals surface area contributed by atoms with Gasteiger partial charge in [-0.25, -0.2) is 0 Å². The predicted octanol–water partition coefficient (Wildman–Crippen LogP) is 3.43. The van der Waals surface area contributed by atoms with E-state index in [2.05, 4.69) is 5.32 Å². The maximum absolute atomic E-state index is 12.3. The van der Waals surface area contributed by atoms with E-state index in [4.69, 9.17) is 11.6 Å². The first-order chi connectivity index (χ1) is 10.1. The van der Waals surface area contributed by atoms with E-state index in [0.717, 1.165) is 11.1 Å². The lowest BCUT2D eigenvalue weighted by Gasteiger charge is -2.17. The van der Waals surface area contributed by atoms with Crippen LogP contribution in [0.1, 0.15) is 27.2 Å². The van der Waals surface area contributed by atoms with Gasteiger partial charge >= 0.3 is 0 Å². The van der Waals surface area contributed by atoms with E-state index in [1.54, 1.807) is 0 Å². The summed E-state index contributed by atoms with van der Waals surface area (Å²) in [5.74, 6) is -0.174. The largest absolute Gasteiger partial charge is 0.396 e. The van der Waals surface area contributed by atoms with E-state index in [-0.39, 0.29) is 18.6 Å². The summed E-state index contributed by atoms with van der Waals surface area (Å²) in [6, 6.07) is 9.80. The third-order valence-corrected chi connectivity index (χ3v) is 4.94. The Morgan fingerprint density at radius 3 is 2.67 bits per heavy atom. The summed E-state index contributed by atoms with van der Waals surface area (Å²) >= 11 is 7.47. The quantitative estimate of drug-likeness (QED) is 0.855. The number of hydrogen-bond acceptors (Lipinski definition) is 3. The van der Waals surface area contributed by atoms with Gasteiger partial charge in [0, 0.05) is 12.6 Å². The number of thiophene rings is 1. The van der Waals surface area contributed by atoms with Crippen molar-refractivity contribution in [3.63, 3.8) is 0 Å². The summed E-state index contributed by atoms with van der Waals surface area (Å²) in [7, 11) is 0. The fourth-order valence-corrected chi connectivity index (χ4v) is 3.30. The minimum Gasteiger partial charge on any atom is -0.396 e. The molecule has 0 aliphatic heterocycles. The van der Waals surface area contributed by atoms with Crippen molar-refractivity contribution in [1.29, 1.82) is 0 Å². The van der Waals surface area contributed by atoms with Crippen molar-refractivity contribution in [3.05, 3.63) is 56.7 Å². The van der Waals surface area contributed by atoms with E-state index < -0.39 is 0 Å². The van der Waals surface area contributed by atoms with Crippen LogP contribution in [0.15, 0.2) is 35.7 Å². The summed E-state index contributed by atoms with van der Waals surface area (Å²) < 4.78 is 0. The highest BCUT2D eigenvalue weighted by atomic mass is 35.5. The molecule has 0 aliphatic rings. The third-order valence-electron chi connectivity index (χ3n) is 3.24. The van der Waals surface area contributed by atoms with Crippen molar-refractivity contribution in [3.8, 4) is 0 Å². The van der Waals surface area contributed by atoms with Gasteiger partial charge in [-0.1, -0.05) is 41.9 Å². The molecule has 3 nitrogen and oxygen atoms in total. The Balaban J connectivity index is 2.05. The molecule has 1 heterocycles. The molecule has 2 rings (SSSR count). The second kappa shape index (κ2) is 7.59. The smallest absolute Gasteiger partial charge is 0.263 e. The molecule has 2 N–H and O–H groups in total. The zero-order chi connectivity index (χ0) is 15.2. The molecule has 0 fully saturated rings. The molecule has 1 atom stereocenters. The lowest BCUT2D eigenvalue weighted by molar-refractivity contribution is 0.0934. The molecule has 0 saturated heterocycles. The zero-order valence-corrected chi connectivity index (χ0v) is 13.4. The van der Waals surface area contributed by atoms with E-state index in [0.29, 0.717) is 22.7 Å². The first-order valence-corrected chi connectivity index (χ1v) is 8.06. The zero-order valence-electron chi connectivity index (χ0n) is 11.8. The number of carbonyl (C=O) groups is 1. The van der Waals surface area contributed by atoms with Gasteiger partial charge in [0.15, 0.2) is 0 Å². The highest BCUT2D eigenvalue weighted by molar-refractivity contribution is 7.13. The van der Waals surface area contributed by atoms with E-state index >= 15 is 0 Å². The molecule has 1 aromatic carbocycles. The van der Waals surface area contributed by atoms with Crippen LogP contribution < -0.4 is 5.32 Å². The van der Waals surface area contributed by atoms with Crippen molar-refractivity contribution in [2.24, 2.45) is 0 Å². The number of amides is 1. The van der Waals surface area contributed by atoms with Crippen molar-refractivity contribution >= 4 is 28.8 Å². The van der Waals surface area contributed by atoms with Crippen LogP contribution in [0.4, 0.5) is 0 Å². The number of carbonyl (C=O) groups excluding carboxylic acids is 1. The van der Waals surface area contributed by atoms with Gasteiger partial charge in [0.25, 0.3) is 5.91 Å². The molecule has 112 valence electrons. The standard InChI is InChI=1S/C16H18ClNO2S/c1-11-10-21-15(14(11)17)16(20)18-13(7-8-19)9-12-5-3-2-4-6-12/h2-6,10,13,19H,7-9H2,1H3,(H,18,20). The average Bonchev–Trinajstić information content (AvgIpc) is 2.80. The lowest BCUT2D eigenvalue weighted by atomic mass is 10.0. The molecule has 2 aromatic rings. The summed E-state index contributed by atoms with van der Waals surface area (Å²) in [5.41, 5.74) is 2.04. The Morgan fingerprint density at radius 1 is 1.38 bits per heavy atom. The Labute approximate surface area is 133 Å². The fraction of sp³-hybridized carbons (Fsp3) is 0.312. The molecular weight excluding hydrogens is 306 g/mol. The predicted molar refractivity (Wildman–Crippen MR) is 87.2 cm³/mol. The van der Waals surface area contributed by atoms with Crippen LogP contribution in [0.25, 0.3) is 0 Å². The van der Waals surface area contributed by atoms with Gasteiger partial charge < -0.3 is 10.4 Å². The average molecular weight is 324 g/mol. The molecule has 0 saturated carbocycles. The first-order valence-electron chi connectivity index (χ1n) is 6.81. The first kappa shape index (κ1) is 16.0. The van der Waals surface area contributed by atoms with Gasteiger partial charge in [0.2, 0.25) is 0 Å². The van der Waals surface area contributed by atoms with Gasteiger partial charge in [0.1, 0.15) is 4.88 Å². The lowest BCUT2D eigenvalue weighted by Crippen LogP contribution is -2.37. The molecule has 0 bridgehead atoms. The van der Waals surface area contributed by atoms with Crippen molar-refractivity contribution in [1.82, 2.24) is 5.32 Å². The van der Waals surface area contributed by atoms with E-state index in [9.17, 15) is 9.90 Å². The van der Waals surface area contributed by atoms with Crippen LogP contribution in [0.3, 0.4) is 0 Å². The number of aliphatic hydroxyl groups excluding tert-OH is 1. The number of aryl methyl sites for hydroxylation is 1. The van der Waals surface area contributed by atoms with Gasteiger partial charge in [-0.05, 0) is 36.3 Å². The number of halogens is 1. The Morgan fingerprint density at radius 2 is 2.10 bits per heavy atom. The molecule has 0 spiro atoms. The minimum absolute atomic E-state index is 0.0367. The molecule has 0 aliphatic carbocycles. The SMILES string of the molecule is Cc1csc(C(=O)NC(CCO)Cc2ccccc2)c1Cl. The molecular formula is C16H18ClNO2S. The summed E-state index contributed by atoms with van der Waals surface area (Å²) in [4.78, 5) is 12.8. The highest BCUT2D eigenvalue weighted by Gasteiger charge is 2.18. The molecule has 1 aromatic heterocycles. The van der Waals surface area contributed by atoms with Gasteiger partial charge in [0.05, 0.1) is 5.02 Å². The normalized spacial score (nSPS) is 12.1. The van der Waals surface area contributed by atoms with Crippen molar-refractivity contribution in [2.75, 3.05) is 6.61 Å². The van der Waals surface area contributed by atoms with Crippen LogP contribution in [0, 0.1) is 6.92 Å². The number of nitrogens with one attached hydrogen (secondary N) is 1. The number of benzene rings is 1. The minimum atomic E-state index is -0.174. The molecule has 0 radical (unpaired) electrons. The monoisotopic (exact) mass is 323 g/mol. The van der Waals surface area contributed by atoms with Crippen molar-refractivity contribution in [2.45, 2.75) is 25.8 Å². The van der Waals surface area contributed by atoms with E-state index in [1.165, 1.54) is 11.3 Å². The van der Waals surface area contributed by atoms with Crippen LogP contribution in [-0.2, 0) is 6.42 Å². The second-order valence-corrected chi connectivity index (χ2v) is 6.19. The molecule has 21 heavy (non-hydrogen) atoms. The highest BCUT2D eigenvalue weighted by Crippen LogP contribution is 2.27. The van der Waals surface area contributed by atoms with Gasteiger partial charge in [-0.15, -0.1) is 11.3 Å². The maximum Gasteiger partial charge on any atom is 0.263 e. The van der Waals surface area contributed by atoms with Crippen LogP contribution >= 0.6 is 22.9 Å². The maximum atomic E-state index is 12.3. The summed E-state index contributed by atoms with van der Waals surface area (Å²) in [6.45, 7) is 1.92. The van der Waals surface area contributed by atoms with Crippen LogP contribution in [0.2, 0.25) is 5.02 Å². The van der Waals surface area contributed by atoms with Crippen LogP contribution in [0.5, 0.6) is 0 Å². The Kier molecular flexibility index (Phi) is 5.79. The molecule has 1 unspecified atom stereocenters. The number of rotatable bonds is 6. The molecule has 1 amide bonds. The third kappa shape index (κ3) is 4.30. The summed E-state index contributed by atoms with van der Waals surface area (Å²) in [6.07, 6.45) is 1.21. The fourth-order valence-electron chi connectivity index (χ4n) is 2.11. The van der Waals surface area contributed by atoms with Gasteiger partial charge in [-0.3, -0.25) is 4.79 Å². The summed E-state index contributed by atoms with van der Waals surface area (Å²) in [5, 5.41) is 14.5. The van der Waals surface area contributed by atoms with Crippen molar-refractivity contribution < 1.29 is 9.90 Å². The Hall–Kier alpha value is -1.36. The van der Waals surface area contributed by atoms with Gasteiger partial charge in [-0.2, -0.15) is 0 Å². The number of hydrogen-bond donors (Lipinski definition) is 2. The van der Waals surface area contributed by atoms with E-state index in [1.807, 2.05) is 42.6 Å². The topological polar surface area (TPSA) is 49.3 Å².